The van der Waals surface area contributed by atoms with Crippen molar-refractivity contribution in [2.45, 2.75) is 50.3 Å². The van der Waals surface area contributed by atoms with E-state index in [4.69, 9.17) is 0 Å². The van der Waals surface area contributed by atoms with Gasteiger partial charge >= 0.3 is 6.18 Å². The molecule has 2 aliphatic carbocycles. The van der Waals surface area contributed by atoms with Crippen molar-refractivity contribution in [1.29, 1.82) is 0 Å². The molecule has 4 atom stereocenters. The lowest BCUT2D eigenvalue weighted by atomic mass is 9.68. The molecule has 5 heteroatoms. The lowest BCUT2D eigenvalue weighted by Crippen LogP contribution is -2.40. The van der Waals surface area contributed by atoms with Crippen LogP contribution in [0.1, 0.15) is 42.7 Å². The first-order valence-corrected chi connectivity index (χ1v) is 8.28. The second-order valence-electron chi connectivity index (χ2n) is 7.07. The molecule has 2 N–H and O–H groups in total. The first kappa shape index (κ1) is 15.1. The second kappa shape index (κ2) is 5.26. The number of hydrogen-bond acceptors (Lipinski definition) is 1. The topological polar surface area (TPSA) is 36.0 Å². The number of aromatic amines is 1. The number of aliphatic hydroxyl groups is 1. The normalized spacial score (nSPS) is 31.5. The highest BCUT2D eigenvalue weighted by Gasteiger charge is 2.49. The summed E-state index contributed by atoms with van der Waals surface area (Å²) in [5, 5.41) is 11.6. The van der Waals surface area contributed by atoms with E-state index >= 15 is 0 Å². The van der Waals surface area contributed by atoms with Crippen LogP contribution in [0.3, 0.4) is 0 Å². The average molecular weight is 323 g/mol. The van der Waals surface area contributed by atoms with Crippen LogP contribution in [0, 0.1) is 11.8 Å². The quantitative estimate of drug-likeness (QED) is 0.734. The van der Waals surface area contributed by atoms with Gasteiger partial charge in [-0.2, -0.15) is 13.2 Å². The third-order valence-corrected chi connectivity index (χ3v) is 5.69. The molecule has 2 aliphatic rings. The molecule has 1 heterocycles. The van der Waals surface area contributed by atoms with E-state index in [-0.39, 0.29) is 24.7 Å². The highest BCUT2D eigenvalue weighted by Crippen LogP contribution is 2.50. The van der Waals surface area contributed by atoms with Crippen molar-refractivity contribution in [1.82, 2.24) is 4.98 Å². The van der Waals surface area contributed by atoms with Crippen LogP contribution >= 0.6 is 0 Å². The van der Waals surface area contributed by atoms with E-state index < -0.39 is 18.2 Å². The number of nitrogens with one attached hydrogen (secondary N) is 1. The van der Waals surface area contributed by atoms with Gasteiger partial charge in [0, 0.05) is 17.6 Å². The van der Waals surface area contributed by atoms with E-state index in [9.17, 15) is 18.3 Å². The van der Waals surface area contributed by atoms with E-state index in [1.165, 1.54) is 5.56 Å². The van der Waals surface area contributed by atoms with Crippen molar-refractivity contribution in [2.24, 2.45) is 11.8 Å². The molecule has 1 aromatic carbocycles. The number of aromatic nitrogens is 1. The highest BCUT2D eigenvalue weighted by atomic mass is 19.4. The van der Waals surface area contributed by atoms with E-state index in [1.54, 1.807) is 0 Å². The zero-order valence-corrected chi connectivity index (χ0v) is 12.7. The fourth-order valence-corrected chi connectivity index (χ4v) is 4.63. The predicted molar refractivity (Wildman–Crippen MR) is 82.3 cm³/mol. The van der Waals surface area contributed by atoms with Gasteiger partial charge < -0.3 is 10.1 Å². The zero-order valence-electron chi connectivity index (χ0n) is 12.7. The Morgan fingerprint density at radius 1 is 1.17 bits per heavy atom. The molecule has 4 rings (SSSR count). The first-order valence-electron chi connectivity index (χ1n) is 8.28. The molecule has 0 bridgehead atoms. The van der Waals surface area contributed by atoms with Gasteiger partial charge in [-0.05, 0) is 72.7 Å². The lowest BCUT2D eigenvalue weighted by molar-refractivity contribution is -0.197. The first-order chi connectivity index (χ1) is 10.9. The summed E-state index contributed by atoms with van der Waals surface area (Å²) in [6.45, 7) is 0. The Kier molecular flexibility index (Phi) is 3.45. The van der Waals surface area contributed by atoms with E-state index in [0.717, 1.165) is 35.7 Å². The summed E-state index contributed by atoms with van der Waals surface area (Å²) in [6, 6.07) is 6.15. The molecule has 2 nitrogen and oxygen atoms in total. The summed E-state index contributed by atoms with van der Waals surface area (Å²) in [5.74, 6) is -1.61. The number of benzene rings is 1. The van der Waals surface area contributed by atoms with E-state index in [2.05, 4.69) is 17.1 Å². The van der Waals surface area contributed by atoms with Crippen LogP contribution in [0.25, 0.3) is 10.9 Å². The van der Waals surface area contributed by atoms with Gasteiger partial charge in [0.15, 0.2) is 0 Å². The van der Waals surface area contributed by atoms with Crippen molar-refractivity contribution in [3.05, 3.63) is 35.5 Å². The SMILES string of the molecule is OC1CC(C(F)(F)F)CC2CCCc3cc4[nH]ccc4cc3C12. The van der Waals surface area contributed by atoms with Crippen molar-refractivity contribution >= 4 is 10.9 Å². The monoisotopic (exact) mass is 323 g/mol. The van der Waals surface area contributed by atoms with Gasteiger partial charge in [-0.15, -0.1) is 0 Å². The molecular weight excluding hydrogens is 303 g/mol. The minimum Gasteiger partial charge on any atom is -0.392 e. The number of hydrogen-bond donors (Lipinski definition) is 2. The highest BCUT2D eigenvalue weighted by molar-refractivity contribution is 5.81. The Balaban J connectivity index is 1.75. The summed E-state index contributed by atoms with van der Waals surface area (Å²) in [6.07, 6.45) is -0.738. The molecule has 4 unspecified atom stereocenters. The third-order valence-electron chi connectivity index (χ3n) is 5.69. The van der Waals surface area contributed by atoms with Crippen molar-refractivity contribution in [3.8, 4) is 0 Å². The van der Waals surface area contributed by atoms with Gasteiger partial charge in [-0.3, -0.25) is 0 Å². The lowest BCUT2D eigenvalue weighted by Gasteiger charge is -2.40. The minimum atomic E-state index is -4.20. The number of fused-ring (bicyclic) bond motifs is 4. The second-order valence-corrected chi connectivity index (χ2v) is 7.07. The Hall–Kier alpha value is -1.49. The van der Waals surface area contributed by atoms with Crippen LogP contribution < -0.4 is 0 Å². The smallest absolute Gasteiger partial charge is 0.391 e. The predicted octanol–water partition coefficient (Wildman–Crippen LogP) is 4.54. The molecule has 0 spiro atoms. The van der Waals surface area contributed by atoms with E-state index in [1.807, 2.05) is 12.3 Å². The van der Waals surface area contributed by atoms with Crippen LogP contribution in [-0.4, -0.2) is 22.4 Å². The molecule has 0 amide bonds. The molecule has 124 valence electrons. The molecular formula is C18H20F3NO. The molecule has 23 heavy (non-hydrogen) atoms. The molecule has 1 saturated carbocycles. The maximum atomic E-state index is 13.1. The van der Waals surface area contributed by atoms with Crippen LogP contribution in [0.2, 0.25) is 0 Å². The van der Waals surface area contributed by atoms with Crippen LogP contribution in [0.15, 0.2) is 24.4 Å². The van der Waals surface area contributed by atoms with Gasteiger partial charge in [0.25, 0.3) is 0 Å². The maximum absolute atomic E-state index is 13.1. The summed E-state index contributed by atoms with van der Waals surface area (Å²) < 4.78 is 39.4. The Morgan fingerprint density at radius 2 is 2.00 bits per heavy atom. The van der Waals surface area contributed by atoms with Crippen LogP contribution in [-0.2, 0) is 6.42 Å². The largest absolute Gasteiger partial charge is 0.392 e. The van der Waals surface area contributed by atoms with Crippen LogP contribution in [0.4, 0.5) is 13.2 Å². The zero-order chi connectivity index (χ0) is 16.2. The number of aliphatic hydroxyl groups excluding tert-OH is 1. The summed E-state index contributed by atoms with van der Waals surface area (Å²) in [5.41, 5.74) is 3.30. The average Bonchev–Trinajstić information content (AvgIpc) is 2.84. The minimum absolute atomic E-state index is 0.0805. The maximum Gasteiger partial charge on any atom is 0.391 e. The number of halogens is 3. The molecule has 1 aromatic heterocycles. The van der Waals surface area contributed by atoms with Crippen LogP contribution in [0.5, 0.6) is 0 Å². The molecule has 2 aromatic rings. The summed E-state index contributed by atoms with van der Waals surface area (Å²) >= 11 is 0. The number of rotatable bonds is 0. The standard InChI is InChI=1S/C18H20F3NO/c19-18(20,21)13-6-12-3-1-2-10-8-15-11(4-5-22-15)7-14(10)17(12)16(23)9-13/h4-5,7-8,12-13,16-17,22-23H,1-3,6,9H2. The van der Waals surface area contributed by atoms with Gasteiger partial charge in [0.2, 0.25) is 0 Å². The van der Waals surface area contributed by atoms with Crippen molar-refractivity contribution in [3.63, 3.8) is 0 Å². The molecule has 0 radical (unpaired) electrons. The van der Waals surface area contributed by atoms with Gasteiger partial charge in [0.05, 0.1) is 12.0 Å². The fraction of sp³-hybridized carbons (Fsp3) is 0.556. The van der Waals surface area contributed by atoms with Gasteiger partial charge in [-0.1, -0.05) is 0 Å². The summed E-state index contributed by atoms with van der Waals surface area (Å²) in [4.78, 5) is 3.19. The van der Waals surface area contributed by atoms with E-state index in [0.29, 0.717) is 0 Å². The van der Waals surface area contributed by atoms with Gasteiger partial charge in [0.1, 0.15) is 0 Å². The Labute approximate surface area is 132 Å². The summed E-state index contributed by atoms with van der Waals surface area (Å²) in [7, 11) is 0. The van der Waals surface area contributed by atoms with Crippen molar-refractivity contribution in [2.75, 3.05) is 0 Å². The Bertz CT molecular complexity index is 721. The number of H-pyrrole nitrogens is 1. The molecule has 1 fully saturated rings. The molecule has 0 saturated heterocycles. The van der Waals surface area contributed by atoms with Gasteiger partial charge in [-0.25, -0.2) is 0 Å². The third kappa shape index (κ3) is 2.55. The molecule has 0 aliphatic heterocycles. The number of aryl methyl sites for hydroxylation is 1. The fourth-order valence-electron chi connectivity index (χ4n) is 4.63. The number of alkyl halides is 3. The Morgan fingerprint density at radius 3 is 2.78 bits per heavy atom. The van der Waals surface area contributed by atoms with Crippen molar-refractivity contribution < 1.29 is 18.3 Å².